The summed E-state index contributed by atoms with van der Waals surface area (Å²) in [7, 11) is 0. The van der Waals surface area contributed by atoms with Gasteiger partial charge in [0.2, 0.25) is 0 Å². The second-order valence-corrected chi connectivity index (χ2v) is 5.38. The maximum Gasteiger partial charge on any atom is 0.333 e. The van der Waals surface area contributed by atoms with Crippen molar-refractivity contribution in [2.24, 2.45) is 5.92 Å². The molecule has 6 nitrogen and oxygen atoms in total. The van der Waals surface area contributed by atoms with Crippen LogP contribution in [0, 0.1) is 16.0 Å². The zero-order valence-electron chi connectivity index (χ0n) is 12.2. The Morgan fingerprint density at radius 3 is 2.95 bits per heavy atom. The van der Waals surface area contributed by atoms with Crippen molar-refractivity contribution in [1.82, 2.24) is 0 Å². The maximum atomic E-state index is 11.4. The highest BCUT2D eigenvalue weighted by atomic mass is 16.6. The third-order valence-electron chi connectivity index (χ3n) is 3.88. The monoisotopic (exact) mass is 294 g/mol. The summed E-state index contributed by atoms with van der Waals surface area (Å²) in [5, 5.41) is 24.0. The number of ether oxygens (including phenoxy) is 1. The SMILES string of the molecule is CCCOc1cccc(NC2CCCC2CO)c1[N+](=O)[O-]. The fraction of sp³-hybridized carbons (Fsp3) is 0.600. The van der Waals surface area contributed by atoms with E-state index >= 15 is 0 Å². The normalized spacial score (nSPS) is 21.2. The molecular formula is C15H22N2O4. The minimum absolute atomic E-state index is 0.0189. The molecule has 0 amide bonds. The molecule has 0 aliphatic heterocycles. The zero-order chi connectivity index (χ0) is 15.2. The zero-order valence-corrected chi connectivity index (χ0v) is 12.2. The average Bonchev–Trinajstić information content (AvgIpc) is 2.92. The molecule has 116 valence electrons. The molecule has 1 fully saturated rings. The van der Waals surface area contributed by atoms with Crippen molar-refractivity contribution in [2.45, 2.75) is 38.6 Å². The number of aliphatic hydroxyl groups excluding tert-OH is 1. The number of hydrogen-bond acceptors (Lipinski definition) is 5. The van der Waals surface area contributed by atoms with Crippen LogP contribution in [-0.4, -0.2) is 29.3 Å². The predicted octanol–water partition coefficient (Wildman–Crippen LogP) is 2.96. The van der Waals surface area contributed by atoms with Crippen molar-refractivity contribution in [3.63, 3.8) is 0 Å². The number of anilines is 1. The Labute approximate surface area is 124 Å². The summed E-state index contributed by atoms with van der Waals surface area (Å²) in [6.07, 6.45) is 3.70. The van der Waals surface area contributed by atoms with E-state index in [0.717, 1.165) is 25.7 Å². The summed E-state index contributed by atoms with van der Waals surface area (Å²) in [5.41, 5.74) is 0.452. The summed E-state index contributed by atoms with van der Waals surface area (Å²) >= 11 is 0. The van der Waals surface area contributed by atoms with Crippen LogP contribution in [0.4, 0.5) is 11.4 Å². The Balaban J connectivity index is 2.23. The van der Waals surface area contributed by atoms with E-state index in [1.807, 2.05) is 6.92 Å². The van der Waals surface area contributed by atoms with Gasteiger partial charge in [-0.15, -0.1) is 0 Å². The van der Waals surface area contributed by atoms with Crippen LogP contribution in [0.5, 0.6) is 5.75 Å². The Bertz CT molecular complexity index is 493. The fourth-order valence-corrected chi connectivity index (χ4v) is 2.80. The van der Waals surface area contributed by atoms with Gasteiger partial charge in [0.05, 0.1) is 11.5 Å². The van der Waals surface area contributed by atoms with Gasteiger partial charge >= 0.3 is 5.69 Å². The minimum atomic E-state index is -0.407. The Hall–Kier alpha value is -1.82. The number of rotatable bonds is 7. The van der Waals surface area contributed by atoms with Crippen LogP contribution in [0.2, 0.25) is 0 Å². The Morgan fingerprint density at radius 1 is 1.48 bits per heavy atom. The first kappa shape index (κ1) is 15.6. The molecule has 1 aliphatic rings. The number of para-hydroxylation sites is 1. The van der Waals surface area contributed by atoms with Gasteiger partial charge in [0.1, 0.15) is 5.69 Å². The lowest BCUT2D eigenvalue weighted by molar-refractivity contribution is -0.385. The smallest absolute Gasteiger partial charge is 0.333 e. The van der Waals surface area contributed by atoms with Gasteiger partial charge in [0.15, 0.2) is 5.75 Å². The van der Waals surface area contributed by atoms with Gasteiger partial charge in [0, 0.05) is 18.6 Å². The Morgan fingerprint density at radius 2 is 2.29 bits per heavy atom. The van der Waals surface area contributed by atoms with Gasteiger partial charge in [-0.25, -0.2) is 0 Å². The molecule has 0 bridgehead atoms. The van der Waals surface area contributed by atoms with Gasteiger partial charge in [-0.1, -0.05) is 19.4 Å². The molecule has 1 aromatic rings. The fourth-order valence-electron chi connectivity index (χ4n) is 2.80. The van der Waals surface area contributed by atoms with Gasteiger partial charge < -0.3 is 15.2 Å². The molecule has 1 saturated carbocycles. The van der Waals surface area contributed by atoms with Crippen LogP contribution in [-0.2, 0) is 0 Å². The van der Waals surface area contributed by atoms with E-state index in [2.05, 4.69) is 5.32 Å². The number of nitrogens with one attached hydrogen (secondary N) is 1. The van der Waals surface area contributed by atoms with Gasteiger partial charge in [-0.3, -0.25) is 10.1 Å². The third kappa shape index (κ3) is 3.64. The lowest BCUT2D eigenvalue weighted by Gasteiger charge is -2.20. The average molecular weight is 294 g/mol. The number of nitro benzene ring substituents is 1. The molecule has 0 spiro atoms. The molecule has 0 radical (unpaired) electrons. The number of aliphatic hydroxyl groups is 1. The summed E-state index contributed by atoms with van der Waals surface area (Å²) in [6, 6.07) is 5.15. The molecule has 2 unspecified atom stereocenters. The number of nitrogens with zero attached hydrogens (tertiary/aromatic N) is 1. The molecule has 21 heavy (non-hydrogen) atoms. The van der Waals surface area contributed by atoms with Crippen LogP contribution >= 0.6 is 0 Å². The first-order chi connectivity index (χ1) is 10.2. The molecule has 1 aromatic carbocycles. The highest BCUT2D eigenvalue weighted by molar-refractivity contribution is 5.68. The molecule has 0 heterocycles. The highest BCUT2D eigenvalue weighted by Crippen LogP contribution is 2.37. The van der Waals surface area contributed by atoms with Crippen molar-refractivity contribution in [3.05, 3.63) is 28.3 Å². The van der Waals surface area contributed by atoms with E-state index in [0.29, 0.717) is 18.0 Å². The largest absolute Gasteiger partial charge is 0.487 e. The van der Waals surface area contributed by atoms with Crippen molar-refractivity contribution in [1.29, 1.82) is 0 Å². The molecule has 2 rings (SSSR count). The molecule has 2 atom stereocenters. The number of benzene rings is 1. The number of hydrogen-bond donors (Lipinski definition) is 2. The maximum absolute atomic E-state index is 11.4. The lowest BCUT2D eigenvalue weighted by Crippen LogP contribution is -2.26. The van der Waals surface area contributed by atoms with E-state index < -0.39 is 4.92 Å². The van der Waals surface area contributed by atoms with Crippen LogP contribution in [0.3, 0.4) is 0 Å². The summed E-state index contributed by atoms with van der Waals surface area (Å²) in [5.74, 6) is 0.454. The lowest BCUT2D eigenvalue weighted by atomic mass is 10.0. The van der Waals surface area contributed by atoms with Crippen molar-refractivity contribution in [2.75, 3.05) is 18.5 Å². The van der Waals surface area contributed by atoms with E-state index in [9.17, 15) is 15.2 Å². The Kier molecular flexibility index (Phi) is 5.38. The summed E-state index contributed by atoms with van der Waals surface area (Å²) < 4.78 is 5.47. The van der Waals surface area contributed by atoms with E-state index in [1.54, 1.807) is 18.2 Å². The summed E-state index contributed by atoms with van der Waals surface area (Å²) in [4.78, 5) is 11.0. The minimum Gasteiger partial charge on any atom is -0.487 e. The first-order valence-corrected chi connectivity index (χ1v) is 7.45. The predicted molar refractivity (Wildman–Crippen MR) is 80.7 cm³/mol. The second-order valence-electron chi connectivity index (χ2n) is 5.38. The standard InChI is InChI=1S/C15H22N2O4/c1-2-9-21-14-8-4-7-13(15(14)17(19)20)16-12-6-3-5-11(12)10-18/h4,7-8,11-12,16,18H,2-3,5-6,9-10H2,1H3. The molecule has 0 saturated heterocycles. The van der Waals surface area contributed by atoms with E-state index in [4.69, 9.17) is 4.74 Å². The van der Waals surface area contributed by atoms with Gasteiger partial charge in [-0.2, -0.15) is 0 Å². The van der Waals surface area contributed by atoms with Gasteiger partial charge in [-0.05, 0) is 31.4 Å². The first-order valence-electron chi connectivity index (χ1n) is 7.45. The number of nitro groups is 1. The van der Waals surface area contributed by atoms with Crippen LogP contribution in [0.1, 0.15) is 32.6 Å². The van der Waals surface area contributed by atoms with Crippen LogP contribution in [0.25, 0.3) is 0 Å². The summed E-state index contributed by atoms with van der Waals surface area (Å²) in [6.45, 7) is 2.52. The molecule has 2 N–H and O–H groups in total. The second kappa shape index (κ2) is 7.26. The molecular weight excluding hydrogens is 272 g/mol. The molecule has 6 heteroatoms. The molecule has 0 aromatic heterocycles. The van der Waals surface area contributed by atoms with Crippen LogP contribution in [0.15, 0.2) is 18.2 Å². The van der Waals surface area contributed by atoms with Crippen molar-refractivity contribution < 1.29 is 14.8 Å². The van der Waals surface area contributed by atoms with E-state index in [-0.39, 0.29) is 24.3 Å². The molecule has 1 aliphatic carbocycles. The third-order valence-corrected chi connectivity index (χ3v) is 3.88. The van der Waals surface area contributed by atoms with Crippen LogP contribution < -0.4 is 10.1 Å². The van der Waals surface area contributed by atoms with Gasteiger partial charge in [0.25, 0.3) is 0 Å². The van der Waals surface area contributed by atoms with Crippen molar-refractivity contribution >= 4 is 11.4 Å². The quantitative estimate of drug-likeness (QED) is 0.596. The van der Waals surface area contributed by atoms with Crippen molar-refractivity contribution in [3.8, 4) is 5.75 Å². The highest BCUT2D eigenvalue weighted by Gasteiger charge is 2.29. The van der Waals surface area contributed by atoms with E-state index in [1.165, 1.54) is 0 Å². The topological polar surface area (TPSA) is 84.6 Å².